The van der Waals surface area contributed by atoms with E-state index in [2.05, 4.69) is 23.1 Å². The van der Waals surface area contributed by atoms with Gasteiger partial charge in [0.1, 0.15) is 18.2 Å². The molecule has 4 atom stereocenters. The molecule has 0 spiro atoms. The van der Waals surface area contributed by atoms with E-state index < -0.39 is 24.6 Å². The predicted octanol–water partition coefficient (Wildman–Crippen LogP) is 3.08. The van der Waals surface area contributed by atoms with Crippen LogP contribution in [0.15, 0.2) is 31.8 Å². The summed E-state index contributed by atoms with van der Waals surface area (Å²) in [6.07, 6.45) is 3.62. The average molecular weight is 335 g/mol. The topological polar surface area (TPSA) is 58.5 Å². The van der Waals surface area contributed by atoms with E-state index >= 15 is 0 Å². The summed E-state index contributed by atoms with van der Waals surface area (Å²) in [5.41, 5.74) is 1.73. The summed E-state index contributed by atoms with van der Waals surface area (Å²) in [5, 5.41) is 10.1. The van der Waals surface area contributed by atoms with Crippen LogP contribution in [0.5, 0.6) is 0 Å². The minimum absolute atomic E-state index is 0.514. The maximum absolute atomic E-state index is 14.6. The number of alkyl halides is 1. The Balaban J connectivity index is 2.28. The van der Waals surface area contributed by atoms with Gasteiger partial charge in [0.2, 0.25) is 0 Å². The fourth-order valence-corrected chi connectivity index (χ4v) is 2.99. The van der Waals surface area contributed by atoms with E-state index in [0.717, 1.165) is 30.5 Å². The summed E-state index contributed by atoms with van der Waals surface area (Å²) in [7, 11) is 0. The fourth-order valence-electron chi connectivity index (χ4n) is 2.99. The van der Waals surface area contributed by atoms with Gasteiger partial charge in [-0.05, 0) is 26.2 Å². The SMILES string of the molecule is C=CCCc1ncnc(N(C=C)[C@@H]2OC(CCC)[C@@H](O)[C@H]2F)c1C. The first-order valence-electron chi connectivity index (χ1n) is 8.35. The standard InChI is InChI=1S/C18H26FN3O2/c1-5-8-10-13-12(4)17(21-11-20-13)22(7-3)18-15(19)16(23)14(24-18)9-6-2/h5,7,11,14-16,18,23H,1,3,6,8-10H2,2,4H3/t14?,15-,16-,18-/m1/s1. The Morgan fingerprint density at radius 1 is 1.42 bits per heavy atom. The van der Waals surface area contributed by atoms with Crippen molar-refractivity contribution in [1.82, 2.24) is 9.97 Å². The van der Waals surface area contributed by atoms with E-state index in [-0.39, 0.29) is 0 Å². The van der Waals surface area contributed by atoms with Crippen LogP contribution in [-0.2, 0) is 11.2 Å². The molecule has 0 bridgehead atoms. The van der Waals surface area contributed by atoms with Crippen molar-refractivity contribution < 1.29 is 14.2 Å². The first-order chi connectivity index (χ1) is 11.5. The van der Waals surface area contributed by atoms with Crippen molar-refractivity contribution in [2.24, 2.45) is 0 Å². The van der Waals surface area contributed by atoms with E-state index in [9.17, 15) is 9.50 Å². The zero-order chi connectivity index (χ0) is 17.7. The van der Waals surface area contributed by atoms with Crippen molar-refractivity contribution >= 4 is 5.82 Å². The molecule has 2 heterocycles. The molecule has 24 heavy (non-hydrogen) atoms. The lowest BCUT2D eigenvalue weighted by Crippen LogP contribution is -2.39. The van der Waals surface area contributed by atoms with Crippen LogP contribution in [0.2, 0.25) is 0 Å². The molecule has 1 aromatic heterocycles. The van der Waals surface area contributed by atoms with E-state index in [1.807, 2.05) is 19.9 Å². The monoisotopic (exact) mass is 335 g/mol. The Morgan fingerprint density at radius 2 is 2.17 bits per heavy atom. The lowest BCUT2D eigenvalue weighted by atomic mass is 10.1. The smallest absolute Gasteiger partial charge is 0.173 e. The lowest BCUT2D eigenvalue weighted by molar-refractivity contribution is 0.00675. The van der Waals surface area contributed by atoms with Gasteiger partial charge in [0, 0.05) is 17.5 Å². The molecule has 1 saturated heterocycles. The highest BCUT2D eigenvalue weighted by molar-refractivity contribution is 5.51. The highest BCUT2D eigenvalue weighted by Crippen LogP contribution is 2.33. The molecule has 5 nitrogen and oxygen atoms in total. The number of ether oxygens (including phenoxy) is 1. The van der Waals surface area contributed by atoms with E-state index in [1.165, 1.54) is 12.5 Å². The van der Waals surface area contributed by atoms with Gasteiger partial charge in [-0.25, -0.2) is 14.4 Å². The van der Waals surface area contributed by atoms with Gasteiger partial charge < -0.3 is 14.7 Å². The van der Waals surface area contributed by atoms with Crippen molar-refractivity contribution in [2.45, 2.75) is 64.1 Å². The first-order valence-corrected chi connectivity index (χ1v) is 8.35. The van der Waals surface area contributed by atoms with Gasteiger partial charge in [-0.15, -0.1) is 6.58 Å². The molecule has 1 fully saturated rings. The summed E-state index contributed by atoms with van der Waals surface area (Å²) in [4.78, 5) is 10.1. The molecule has 1 unspecified atom stereocenters. The summed E-state index contributed by atoms with van der Waals surface area (Å²) in [5.74, 6) is 0.552. The third-order valence-electron chi connectivity index (χ3n) is 4.33. The van der Waals surface area contributed by atoms with Gasteiger partial charge in [-0.1, -0.05) is 26.0 Å². The van der Waals surface area contributed by atoms with E-state index in [1.54, 1.807) is 4.90 Å². The van der Waals surface area contributed by atoms with Crippen molar-refractivity contribution in [1.29, 1.82) is 0 Å². The van der Waals surface area contributed by atoms with Crippen LogP contribution in [-0.4, -0.2) is 39.7 Å². The molecule has 0 radical (unpaired) electrons. The minimum Gasteiger partial charge on any atom is -0.387 e. The number of anilines is 1. The van der Waals surface area contributed by atoms with Crippen molar-refractivity contribution in [2.75, 3.05) is 4.90 Å². The highest BCUT2D eigenvalue weighted by atomic mass is 19.1. The molecule has 0 amide bonds. The van der Waals surface area contributed by atoms with Crippen molar-refractivity contribution in [3.63, 3.8) is 0 Å². The van der Waals surface area contributed by atoms with Gasteiger partial charge >= 0.3 is 0 Å². The molecule has 2 rings (SSSR count). The van der Waals surface area contributed by atoms with Crippen molar-refractivity contribution in [3.05, 3.63) is 43.0 Å². The number of aliphatic hydroxyl groups excluding tert-OH is 1. The van der Waals surface area contributed by atoms with Gasteiger partial charge in [0.05, 0.1) is 6.10 Å². The normalized spacial score (nSPS) is 26.3. The number of aliphatic hydroxyl groups is 1. The molecule has 6 heteroatoms. The summed E-state index contributed by atoms with van der Waals surface area (Å²) >= 11 is 0. The highest BCUT2D eigenvalue weighted by Gasteiger charge is 2.46. The maximum Gasteiger partial charge on any atom is 0.173 e. The Morgan fingerprint density at radius 3 is 2.79 bits per heavy atom. The van der Waals surface area contributed by atoms with Gasteiger partial charge in [0.15, 0.2) is 12.4 Å². The number of aryl methyl sites for hydroxylation is 1. The molecule has 0 aromatic carbocycles. The fraction of sp³-hybridized carbons (Fsp3) is 0.556. The van der Waals surface area contributed by atoms with Gasteiger partial charge in [0.25, 0.3) is 0 Å². The first kappa shape index (κ1) is 18.5. The predicted molar refractivity (Wildman–Crippen MR) is 92.4 cm³/mol. The molecule has 0 aliphatic carbocycles. The Bertz CT molecular complexity index is 581. The Hall–Kier alpha value is -1.79. The maximum atomic E-state index is 14.6. The third-order valence-corrected chi connectivity index (χ3v) is 4.33. The zero-order valence-corrected chi connectivity index (χ0v) is 14.4. The molecule has 1 N–H and O–H groups in total. The van der Waals surface area contributed by atoms with Gasteiger partial charge in [-0.3, -0.25) is 0 Å². The molecular weight excluding hydrogens is 309 g/mol. The zero-order valence-electron chi connectivity index (χ0n) is 14.4. The number of hydrogen-bond acceptors (Lipinski definition) is 5. The quantitative estimate of drug-likeness (QED) is 0.740. The number of aromatic nitrogens is 2. The van der Waals surface area contributed by atoms with Crippen LogP contribution in [0.25, 0.3) is 0 Å². The van der Waals surface area contributed by atoms with Crippen molar-refractivity contribution in [3.8, 4) is 0 Å². The number of rotatable bonds is 8. The summed E-state index contributed by atoms with van der Waals surface area (Å²) in [6, 6.07) is 0. The molecule has 1 aromatic rings. The number of nitrogens with zero attached hydrogens (tertiary/aromatic N) is 3. The van der Waals surface area contributed by atoms with Crippen LogP contribution in [0.3, 0.4) is 0 Å². The number of allylic oxidation sites excluding steroid dienone is 1. The molecule has 1 aliphatic rings. The van der Waals surface area contributed by atoms with Crippen LogP contribution >= 0.6 is 0 Å². The largest absolute Gasteiger partial charge is 0.387 e. The molecule has 1 aliphatic heterocycles. The van der Waals surface area contributed by atoms with Crippen LogP contribution < -0.4 is 4.90 Å². The second kappa shape index (κ2) is 8.35. The minimum atomic E-state index is -1.52. The molecule has 132 valence electrons. The number of hydrogen-bond donors (Lipinski definition) is 1. The summed E-state index contributed by atoms with van der Waals surface area (Å²) < 4.78 is 20.4. The second-order valence-electron chi connectivity index (χ2n) is 5.97. The van der Waals surface area contributed by atoms with Crippen LogP contribution in [0, 0.1) is 6.92 Å². The summed E-state index contributed by atoms with van der Waals surface area (Å²) in [6.45, 7) is 11.4. The second-order valence-corrected chi connectivity index (χ2v) is 5.97. The lowest BCUT2D eigenvalue weighted by Gasteiger charge is -2.28. The average Bonchev–Trinajstić information content (AvgIpc) is 2.85. The van der Waals surface area contributed by atoms with Gasteiger partial charge in [-0.2, -0.15) is 0 Å². The van der Waals surface area contributed by atoms with E-state index in [4.69, 9.17) is 4.74 Å². The molecular formula is C18H26FN3O2. The van der Waals surface area contributed by atoms with Crippen LogP contribution in [0.1, 0.15) is 37.4 Å². The Labute approximate surface area is 142 Å². The number of halogens is 1. The molecule has 0 saturated carbocycles. The van der Waals surface area contributed by atoms with E-state index in [0.29, 0.717) is 12.2 Å². The van der Waals surface area contributed by atoms with Crippen LogP contribution in [0.4, 0.5) is 10.2 Å². The Kier molecular flexibility index (Phi) is 6.45. The third kappa shape index (κ3) is 3.65.